The van der Waals surface area contributed by atoms with Crippen molar-refractivity contribution in [1.29, 1.82) is 0 Å². The predicted octanol–water partition coefficient (Wildman–Crippen LogP) is 4.47. The molecular formula is C29H29FN6O3. The fraction of sp³-hybridized carbons (Fsp3) is 0.448. The number of hydrogen-bond acceptors (Lipinski definition) is 6. The Morgan fingerprint density at radius 1 is 1.26 bits per heavy atom. The molecule has 10 heteroatoms. The standard InChI is InChI=1S/C29H29FN6O3/c1-31-22-6-3-11-35(22)12-5-13-38-23-8-7-18(15-33-23)24-19(30)14-20-25-26-21(16-32-20)34(2)28(37)36(26)29(9-4-10-29)17-39-27(24)25/h7-8,14-16,22H,3-6,9-13,17H2,2H3/t22-/m0/s1. The van der Waals surface area contributed by atoms with E-state index in [2.05, 4.69) is 19.7 Å². The van der Waals surface area contributed by atoms with Crippen LogP contribution in [0.15, 0.2) is 35.4 Å². The second kappa shape index (κ2) is 9.06. The number of benzene rings is 1. The number of rotatable bonds is 6. The van der Waals surface area contributed by atoms with Crippen LogP contribution in [0.1, 0.15) is 38.5 Å². The highest BCUT2D eigenvalue weighted by Crippen LogP contribution is 2.48. The average molecular weight is 529 g/mol. The zero-order valence-corrected chi connectivity index (χ0v) is 21.8. The molecule has 39 heavy (non-hydrogen) atoms. The van der Waals surface area contributed by atoms with Crippen LogP contribution < -0.4 is 15.2 Å². The van der Waals surface area contributed by atoms with Crippen molar-refractivity contribution < 1.29 is 13.9 Å². The highest BCUT2D eigenvalue weighted by atomic mass is 19.1. The third-order valence-electron chi connectivity index (χ3n) is 8.67. The summed E-state index contributed by atoms with van der Waals surface area (Å²) in [7, 11) is 1.75. The molecule has 0 amide bonds. The Labute approximate surface area is 224 Å². The summed E-state index contributed by atoms with van der Waals surface area (Å²) in [5.41, 5.74) is 2.28. The fourth-order valence-corrected chi connectivity index (χ4v) is 6.44. The molecule has 0 radical (unpaired) electrons. The van der Waals surface area contributed by atoms with Crippen LogP contribution in [0.4, 0.5) is 4.39 Å². The van der Waals surface area contributed by atoms with E-state index in [0.29, 0.717) is 52.4 Å². The Bertz CT molecular complexity index is 1700. The minimum Gasteiger partial charge on any atom is -0.490 e. The molecule has 7 rings (SSSR count). The van der Waals surface area contributed by atoms with E-state index in [4.69, 9.17) is 16.0 Å². The molecule has 1 spiro atoms. The lowest BCUT2D eigenvalue weighted by molar-refractivity contribution is 0.0719. The van der Waals surface area contributed by atoms with Crippen LogP contribution in [-0.2, 0) is 12.6 Å². The second-order valence-corrected chi connectivity index (χ2v) is 10.9. The highest BCUT2D eigenvalue weighted by molar-refractivity contribution is 6.09. The number of fused-ring (bicyclic) bond motifs is 1. The third-order valence-corrected chi connectivity index (χ3v) is 8.67. The van der Waals surface area contributed by atoms with Gasteiger partial charge >= 0.3 is 5.69 Å². The molecule has 1 saturated carbocycles. The van der Waals surface area contributed by atoms with Crippen molar-refractivity contribution in [1.82, 2.24) is 24.0 Å². The predicted molar refractivity (Wildman–Crippen MR) is 144 cm³/mol. The van der Waals surface area contributed by atoms with Gasteiger partial charge in [-0.3, -0.25) is 19.0 Å². The van der Waals surface area contributed by atoms with Gasteiger partial charge in [-0.25, -0.2) is 25.6 Å². The van der Waals surface area contributed by atoms with Gasteiger partial charge in [0, 0.05) is 50.5 Å². The summed E-state index contributed by atoms with van der Waals surface area (Å²) >= 11 is 0. The van der Waals surface area contributed by atoms with Crippen LogP contribution in [-0.4, -0.2) is 56.5 Å². The lowest BCUT2D eigenvalue weighted by Gasteiger charge is -2.41. The lowest BCUT2D eigenvalue weighted by atomic mass is 9.77. The van der Waals surface area contributed by atoms with E-state index >= 15 is 4.39 Å². The van der Waals surface area contributed by atoms with Gasteiger partial charge in [0.25, 0.3) is 6.17 Å². The molecule has 1 atom stereocenters. The Kier molecular flexibility index (Phi) is 5.60. The molecule has 0 bridgehead atoms. The van der Waals surface area contributed by atoms with Crippen LogP contribution in [0.2, 0.25) is 0 Å². The molecule has 3 aromatic heterocycles. The molecular weight excluding hydrogens is 499 g/mol. The van der Waals surface area contributed by atoms with Gasteiger partial charge in [-0.2, -0.15) is 0 Å². The number of aromatic nitrogens is 4. The molecule has 1 saturated heterocycles. The molecule has 1 aromatic carbocycles. The van der Waals surface area contributed by atoms with E-state index in [1.54, 1.807) is 36.1 Å². The number of aryl methyl sites for hydroxylation is 1. The van der Waals surface area contributed by atoms with Crippen molar-refractivity contribution in [3.63, 3.8) is 0 Å². The van der Waals surface area contributed by atoms with E-state index in [9.17, 15) is 4.79 Å². The molecule has 0 unspecified atom stereocenters. The number of nitrogens with zero attached hydrogens (tertiary/aromatic N) is 6. The van der Waals surface area contributed by atoms with Gasteiger partial charge in [0.15, 0.2) is 0 Å². The first kappa shape index (κ1) is 24.1. The van der Waals surface area contributed by atoms with E-state index in [0.717, 1.165) is 57.1 Å². The normalized spacial score (nSPS) is 19.8. The maximum Gasteiger partial charge on any atom is 0.329 e. The Morgan fingerprint density at radius 2 is 2.13 bits per heavy atom. The van der Waals surface area contributed by atoms with Crippen molar-refractivity contribution in [2.75, 3.05) is 26.3 Å². The van der Waals surface area contributed by atoms with Gasteiger partial charge in [-0.1, -0.05) is 0 Å². The van der Waals surface area contributed by atoms with E-state index in [-0.39, 0.29) is 11.9 Å². The summed E-state index contributed by atoms with van der Waals surface area (Å²) in [4.78, 5) is 28.2. The zero-order valence-electron chi connectivity index (χ0n) is 21.8. The molecule has 200 valence electrons. The smallest absolute Gasteiger partial charge is 0.329 e. The fourth-order valence-electron chi connectivity index (χ4n) is 6.44. The van der Waals surface area contributed by atoms with Gasteiger partial charge in [-0.15, -0.1) is 0 Å². The van der Waals surface area contributed by atoms with E-state index < -0.39 is 11.4 Å². The molecule has 5 heterocycles. The van der Waals surface area contributed by atoms with E-state index in [1.165, 1.54) is 6.07 Å². The molecule has 3 aliphatic rings. The number of pyridine rings is 2. The lowest BCUT2D eigenvalue weighted by Crippen LogP contribution is -2.50. The van der Waals surface area contributed by atoms with Gasteiger partial charge in [0.2, 0.25) is 5.88 Å². The van der Waals surface area contributed by atoms with Crippen LogP contribution >= 0.6 is 0 Å². The minimum absolute atomic E-state index is 0.00656. The molecule has 1 aliphatic carbocycles. The summed E-state index contributed by atoms with van der Waals surface area (Å²) in [6.45, 7) is 9.88. The molecule has 9 nitrogen and oxygen atoms in total. The summed E-state index contributed by atoms with van der Waals surface area (Å²) in [6, 6.07) is 4.94. The van der Waals surface area contributed by atoms with Gasteiger partial charge < -0.3 is 9.47 Å². The summed E-state index contributed by atoms with van der Waals surface area (Å²) < 4.78 is 31.4. The quantitative estimate of drug-likeness (QED) is 0.272. The first-order chi connectivity index (χ1) is 19.0. The molecule has 4 aromatic rings. The third kappa shape index (κ3) is 3.63. The Balaban J connectivity index is 1.21. The monoisotopic (exact) mass is 528 g/mol. The average Bonchev–Trinajstić information content (AvgIpc) is 3.43. The molecule has 2 fully saturated rings. The first-order valence-corrected chi connectivity index (χ1v) is 13.6. The van der Waals surface area contributed by atoms with Crippen molar-refractivity contribution in [3.05, 3.63) is 58.3 Å². The Morgan fingerprint density at radius 3 is 2.87 bits per heavy atom. The zero-order chi connectivity index (χ0) is 26.7. The summed E-state index contributed by atoms with van der Waals surface area (Å²) in [5.74, 6) is 0.417. The number of halogens is 1. The number of ether oxygens (including phenoxy) is 2. The SMILES string of the molecule is [C-]#[N+][C@@H]1CCCN1CCCOc1ccc(-c2c(F)cc3ncc4c5c3c2OCC2(CCC2)n5c(=O)n4C)cn1. The van der Waals surface area contributed by atoms with Crippen molar-refractivity contribution >= 4 is 21.9 Å². The topological polar surface area (TPSA) is 78.8 Å². The van der Waals surface area contributed by atoms with Crippen molar-refractivity contribution in [3.8, 4) is 22.8 Å². The van der Waals surface area contributed by atoms with Gasteiger partial charge in [0.1, 0.15) is 18.2 Å². The van der Waals surface area contributed by atoms with Gasteiger partial charge in [-0.05, 0) is 38.2 Å². The molecule has 2 aliphatic heterocycles. The van der Waals surface area contributed by atoms with Crippen LogP contribution in [0, 0.1) is 12.4 Å². The molecule has 0 N–H and O–H groups in total. The van der Waals surface area contributed by atoms with Crippen molar-refractivity contribution in [2.24, 2.45) is 7.05 Å². The maximum atomic E-state index is 15.7. The summed E-state index contributed by atoms with van der Waals surface area (Å²) in [5, 5.41) is 0.658. The van der Waals surface area contributed by atoms with E-state index in [1.807, 2.05) is 4.57 Å². The summed E-state index contributed by atoms with van der Waals surface area (Å²) in [6.07, 6.45) is 8.75. The first-order valence-electron chi connectivity index (χ1n) is 13.6. The van der Waals surface area contributed by atoms with Crippen LogP contribution in [0.3, 0.4) is 0 Å². The van der Waals surface area contributed by atoms with Crippen LogP contribution in [0.25, 0.3) is 37.9 Å². The van der Waals surface area contributed by atoms with Crippen LogP contribution in [0.5, 0.6) is 11.6 Å². The maximum absolute atomic E-state index is 15.7. The van der Waals surface area contributed by atoms with Crippen molar-refractivity contribution in [2.45, 2.75) is 50.2 Å². The number of imidazole rings is 1. The number of hydrogen-bond donors (Lipinski definition) is 0. The number of likely N-dealkylation sites (tertiary alicyclic amines) is 1. The Hall–Kier alpha value is -3.97. The largest absolute Gasteiger partial charge is 0.490 e. The highest BCUT2D eigenvalue weighted by Gasteiger charge is 2.45. The van der Waals surface area contributed by atoms with Gasteiger partial charge in [0.05, 0.1) is 45.8 Å². The minimum atomic E-state index is -0.450. The second-order valence-electron chi connectivity index (χ2n) is 10.9.